The Labute approximate surface area is 195 Å². The summed E-state index contributed by atoms with van der Waals surface area (Å²) in [7, 11) is -3.95. The number of para-hydroxylation sites is 2. The van der Waals surface area contributed by atoms with Crippen molar-refractivity contribution in [1.29, 1.82) is 0 Å². The lowest BCUT2D eigenvalue weighted by atomic mass is 10.2. The number of carbonyl (C=O) groups excluding carboxylic acids is 1. The summed E-state index contributed by atoms with van der Waals surface area (Å²) in [5.41, 5.74) is 0.958. The Morgan fingerprint density at radius 1 is 1.03 bits per heavy atom. The lowest BCUT2D eigenvalue weighted by Crippen LogP contribution is -2.53. The third kappa shape index (κ3) is 4.87. The van der Waals surface area contributed by atoms with Crippen LogP contribution in [0.25, 0.3) is 11.0 Å². The van der Waals surface area contributed by atoms with Gasteiger partial charge in [0.05, 0.1) is 21.5 Å². The lowest BCUT2D eigenvalue weighted by molar-refractivity contribution is -0.137. The van der Waals surface area contributed by atoms with Crippen LogP contribution in [0.2, 0.25) is 0 Å². The van der Waals surface area contributed by atoms with Crippen molar-refractivity contribution in [2.45, 2.75) is 24.5 Å². The second-order valence-corrected chi connectivity index (χ2v) is 9.88. The molecule has 0 bridgehead atoms. The number of piperazine rings is 1. The molecule has 0 spiro atoms. The van der Waals surface area contributed by atoms with E-state index in [0.29, 0.717) is 13.1 Å². The van der Waals surface area contributed by atoms with Gasteiger partial charge in [-0.1, -0.05) is 12.1 Å². The minimum Gasteiger partial charge on any atom is -0.336 e. The molecular weight excluding hydrogens is 471 g/mol. The number of fused-ring (bicyclic) bond motifs is 1. The fourth-order valence-corrected chi connectivity index (χ4v) is 5.38. The molecule has 34 heavy (non-hydrogen) atoms. The minimum atomic E-state index is -4.54. The van der Waals surface area contributed by atoms with Gasteiger partial charge < -0.3 is 14.8 Å². The summed E-state index contributed by atoms with van der Waals surface area (Å²) in [6.45, 7) is 3.30. The molecule has 1 N–H and O–H groups in total. The van der Waals surface area contributed by atoms with Crippen molar-refractivity contribution in [2.75, 3.05) is 32.7 Å². The normalized spacial score (nSPS) is 15.6. The van der Waals surface area contributed by atoms with E-state index < -0.39 is 21.8 Å². The summed E-state index contributed by atoms with van der Waals surface area (Å²) >= 11 is 0. The molecule has 2 amide bonds. The predicted molar refractivity (Wildman–Crippen MR) is 120 cm³/mol. The van der Waals surface area contributed by atoms with Gasteiger partial charge in [-0.3, -0.25) is 0 Å². The van der Waals surface area contributed by atoms with E-state index in [2.05, 4.69) is 10.3 Å². The Balaban J connectivity index is 1.30. The molecular formula is C22H24F3N5O3S. The number of amides is 2. The van der Waals surface area contributed by atoms with Crippen molar-refractivity contribution in [3.8, 4) is 0 Å². The number of imidazole rings is 1. The molecule has 1 fully saturated rings. The second-order valence-electron chi connectivity index (χ2n) is 7.94. The number of aromatic nitrogens is 2. The number of alkyl halides is 3. The predicted octanol–water partition coefficient (Wildman–Crippen LogP) is 3.08. The summed E-state index contributed by atoms with van der Waals surface area (Å²) < 4.78 is 67.0. The molecule has 1 aliphatic heterocycles. The fourth-order valence-electron chi connectivity index (χ4n) is 3.96. The van der Waals surface area contributed by atoms with E-state index in [0.717, 1.165) is 41.1 Å². The van der Waals surface area contributed by atoms with Crippen molar-refractivity contribution in [2.24, 2.45) is 0 Å². The number of halogens is 3. The van der Waals surface area contributed by atoms with Crippen molar-refractivity contribution < 1.29 is 26.4 Å². The van der Waals surface area contributed by atoms with Gasteiger partial charge in [-0.2, -0.15) is 17.5 Å². The van der Waals surface area contributed by atoms with Gasteiger partial charge in [0.2, 0.25) is 10.0 Å². The molecule has 1 aromatic heterocycles. The molecule has 4 rings (SSSR count). The number of rotatable bonds is 5. The molecule has 0 saturated carbocycles. The van der Waals surface area contributed by atoms with E-state index in [1.807, 2.05) is 35.8 Å². The number of hydrogen-bond donors (Lipinski definition) is 1. The average Bonchev–Trinajstić information content (AvgIpc) is 3.13. The molecule has 1 saturated heterocycles. The highest BCUT2D eigenvalue weighted by molar-refractivity contribution is 7.89. The molecule has 0 radical (unpaired) electrons. The van der Waals surface area contributed by atoms with Crippen LogP contribution in [0, 0.1) is 6.92 Å². The molecule has 2 heterocycles. The highest BCUT2D eigenvalue weighted by Gasteiger charge is 2.33. The van der Waals surface area contributed by atoms with Crippen LogP contribution in [0.1, 0.15) is 11.4 Å². The largest absolute Gasteiger partial charge is 0.416 e. The van der Waals surface area contributed by atoms with E-state index >= 15 is 0 Å². The third-order valence-electron chi connectivity index (χ3n) is 5.80. The molecule has 2 aromatic carbocycles. The number of nitrogens with zero attached hydrogens (tertiary/aromatic N) is 4. The Morgan fingerprint density at radius 3 is 2.32 bits per heavy atom. The highest BCUT2D eigenvalue weighted by Crippen LogP contribution is 2.30. The van der Waals surface area contributed by atoms with Crippen LogP contribution in [-0.2, 0) is 22.7 Å². The topological polar surface area (TPSA) is 87.5 Å². The van der Waals surface area contributed by atoms with Crippen LogP contribution in [0.15, 0.2) is 53.4 Å². The molecule has 182 valence electrons. The van der Waals surface area contributed by atoms with Crippen LogP contribution in [0.4, 0.5) is 18.0 Å². The summed E-state index contributed by atoms with van der Waals surface area (Å²) in [5, 5.41) is 2.85. The van der Waals surface area contributed by atoms with Crippen LogP contribution < -0.4 is 5.32 Å². The Hall–Kier alpha value is -3.12. The van der Waals surface area contributed by atoms with E-state index in [4.69, 9.17) is 0 Å². The molecule has 8 nitrogen and oxygen atoms in total. The summed E-state index contributed by atoms with van der Waals surface area (Å²) in [5.74, 6) is 0.845. The first-order valence-electron chi connectivity index (χ1n) is 10.7. The van der Waals surface area contributed by atoms with Crippen LogP contribution in [-0.4, -0.2) is 65.9 Å². The van der Waals surface area contributed by atoms with Crippen LogP contribution in [0.5, 0.6) is 0 Å². The number of sulfonamides is 1. The number of hydrogen-bond acceptors (Lipinski definition) is 4. The van der Waals surface area contributed by atoms with Crippen LogP contribution in [0.3, 0.4) is 0 Å². The van der Waals surface area contributed by atoms with Gasteiger partial charge in [0.15, 0.2) is 0 Å². The van der Waals surface area contributed by atoms with Crippen molar-refractivity contribution >= 4 is 27.1 Å². The molecule has 3 aromatic rings. The van der Waals surface area contributed by atoms with E-state index in [1.54, 1.807) is 0 Å². The number of carbonyl (C=O) groups is 1. The number of urea groups is 1. The van der Waals surface area contributed by atoms with Gasteiger partial charge in [0.25, 0.3) is 0 Å². The molecule has 0 atom stereocenters. The highest BCUT2D eigenvalue weighted by atomic mass is 32.2. The maximum atomic E-state index is 12.8. The van der Waals surface area contributed by atoms with Crippen molar-refractivity contribution in [3.63, 3.8) is 0 Å². The van der Waals surface area contributed by atoms with E-state index in [9.17, 15) is 26.4 Å². The van der Waals surface area contributed by atoms with Gasteiger partial charge in [-0.05, 0) is 43.3 Å². The summed E-state index contributed by atoms with van der Waals surface area (Å²) in [6.07, 6.45) is -4.54. The molecule has 0 aliphatic carbocycles. The zero-order valence-electron chi connectivity index (χ0n) is 18.4. The standard InChI is InChI=1S/C22H24F3N5O3S/c1-16-27-19-4-2-3-5-20(19)30(16)11-10-26-21(31)28-12-14-29(15-13-28)34(32,33)18-8-6-17(7-9-18)22(23,24)25/h2-9H,10-15H2,1H3,(H,26,31). The van der Waals surface area contributed by atoms with Crippen molar-refractivity contribution in [3.05, 3.63) is 59.9 Å². The zero-order valence-corrected chi connectivity index (χ0v) is 19.2. The first-order chi connectivity index (χ1) is 16.1. The number of aryl methyl sites for hydroxylation is 1. The quantitative estimate of drug-likeness (QED) is 0.590. The summed E-state index contributed by atoms with van der Waals surface area (Å²) in [6, 6.07) is 10.9. The van der Waals surface area contributed by atoms with E-state index in [-0.39, 0.29) is 37.1 Å². The zero-order chi connectivity index (χ0) is 24.5. The van der Waals surface area contributed by atoms with Gasteiger partial charge >= 0.3 is 12.2 Å². The van der Waals surface area contributed by atoms with Crippen molar-refractivity contribution in [1.82, 2.24) is 24.1 Å². The minimum absolute atomic E-state index is 0.0576. The molecule has 1 aliphatic rings. The second kappa shape index (κ2) is 9.26. The fraction of sp³-hybridized carbons (Fsp3) is 0.364. The molecule has 12 heteroatoms. The van der Waals surface area contributed by atoms with Gasteiger partial charge in [-0.25, -0.2) is 18.2 Å². The van der Waals surface area contributed by atoms with Gasteiger partial charge in [0, 0.05) is 39.3 Å². The number of benzene rings is 2. The SMILES string of the molecule is Cc1nc2ccccc2n1CCNC(=O)N1CCN(S(=O)(=O)c2ccc(C(F)(F)F)cc2)CC1. The monoisotopic (exact) mass is 495 g/mol. The number of nitrogens with one attached hydrogen (secondary N) is 1. The first kappa shape index (κ1) is 24.0. The first-order valence-corrected chi connectivity index (χ1v) is 12.1. The third-order valence-corrected chi connectivity index (χ3v) is 7.72. The van der Waals surface area contributed by atoms with Crippen LogP contribution >= 0.6 is 0 Å². The maximum absolute atomic E-state index is 12.8. The maximum Gasteiger partial charge on any atom is 0.416 e. The average molecular weight is 496 g/mol. The Bertz CT molecular complexity index is 1280. The smallest absolute Gasteiger partial charge is 0.336 e. The van der Waals surface area contributed by atoms with Gasteiger partial charge in [0.1, 0.15) is 5.82 Å². The summed E-state index contributed by atoms with van der Waals surface area (Å²) in [4.78, 5) is 18.4. The molecule has 0 unspecified atom stereocenters. The lowest BCUT2D eigenvalue weighted by Gasteiger charge is -2.34. The Kier molecular flexibility index (Phi) is 6.54. The van der Waals surface area contributed by atoms with Gasteiger partial charge in [-0.15, -0.1) is 0 Å². The van der Waals surface area contributed by atoms with E-state index in [1.165, 1.54) is 9.21 Å². The Morgan fingerprint density at radius 2 is 1.68 bits per heavy atom.